The minimum Gasteiger partial charge on any atom is -0.497 e. The van der Waals surface area contributed by atoms with E-state index < -0.39 is 59.9 Å². The molecule has 1 fully saturated rings. The monoisotopic (exact) mass is 730 g/mol. The van der Waals surface area contributed by atoms with E-state index in [2.05, 4.69) is 0 Å². The highest BCUT2D eigenvalue weighted by atomic mass is 32.2. The lowest BCUT2D eigenvalue weighted by atomic mass is 9.81. The topological polar surface area (TPSA) is 105 Å². The van der Waals surface area contributed by atoms with E-state index >= 15 is 13.2 Å². The molecule has 51 heavy (non-hydrogen) atoms. The lowest BCUT2D eigenvalue weighted by Gasteiger charge is -2.50. The van der Waals surface area contributed by atoms with Crippen molar-refractivity contribution in [2.24, 2.45) is 4.99 Å². The summed E-state index contributed by atoms with van der Waals surface area (Å²) in [6.07, 6.45) is -10.9. The Labute approximate surface area is 299 Å². The molecule has 2 aliphatic heterocycles. The second kappa shape index (κ2) is 16.9. The molecule has 0 amide bonds. The van der Waals surface area contributed by atoms with E-state index in [-0.39, 0.29) is 26.2 Å². The van der Waals surface area contributed by atoms with Gasteiger partial charge in [0.15, 0.2) is 5.17 Å². The van der Waals surface area contributed by atoms with Gasteiger partial charge in [0.1, 0.15) is 35.5 Å². The molecule has 0 aliphatic carbocycles. The number of halogens is 3. The van der Waals surface area contributed by atoms with E-state index in [0.717, 1.165) is 17.3 Å². The van der Waals surface area contributed by atoms with Gasteiger partial charge in [0, 0.05) is 20.5 Å². The molecule has 14 heteroatoms. The Morgan fingerprint density at radius 3 is 1.96 bits per heavy atom. The van der Waals surface area contributed by atoms with Gasteiger partial charge in [0.25, 0.3) is 0 Å². The number of nitrogens with zero attached hydrogens (tertiary/aromatic N) is 2. The van der Waals surface area contributed by atoms with Crippen LogP contribution in [0.3, 0.4) is 0 Å². The van der Waals surface area contributed by atoms with Crippen LogP contribution in [0.15, 0.2) is 89.9 Å². The SMILES string of the molecule is CCOC(=O)C(=O)O[C@](CCc1ccc(OC)cc1)([C@H]1O[C@@H]2SC(N(C)C)=N[C@@H]2[C@@H](OCc2ccccc2)[C@@H]1OCc1ccccc1)C(F)(F)F. The van der Waals surface area contributed by atoms with Gasteiger partial charge >= 0.3 is 18.1 Å². The van der Waals surface area contributed by atoms with Crippen LogP contribution < -0.4 is 4.74 Å². The van der Waals surface area contributed by atoms with E-state index in [1.165, 1.54) is 14.0 Å². The van der Waals surface area contributed by atoms with Gasteiger partial charge in [0.05, 0.1) is 26.9 Å². The van der Waals surface area contributed by atoms with Crippen LogP contribution in [0.5, 0.6) is 5.75 Å². The number of carbonyl (C=O) groups excluding carboxylic acids is 2. The van der Waals surface area contributed by atoms with Gasteiger partial charge < -0.3 is 33.3 Å². The molecule has 0 radical (unpaired) electrons. The number of amidine groups is 1. The van der Waals surface area contributed by atoms with Crippen molar-refractivity contribution in [2.75, 3.05) is 27.8 Å². The normalized spacial score (nSPS) is 22.6. The minimum absolute atomic E-state index is 0.0254. The highest BCUT2D eigenvalue weighted by molar-refractivity contribution is 8.14. The Bertz CT molecular complexity index is 1630. The number of aryl methyl sites for hydroxylation is 1. The number of hydrogen-bond donors (Lipinski definition) is 0. The first-order valence-corrected chi connectivity index (χ1v) is 17.3. The quantitative estimate of drug-likeness (QED) is 0.155. The van der Waals surface area contributed by atoms with Crippen LogP contribution in [0.4, 0.5) is 13.2 Å². The van der Waals surface area contributed by atoms with Crippen LogP contribution in [-0.2, 0) is 52.9 Å². The summed E-state index contributed by atoms with van der Waals surface area (Å²) in [6.45, 7) is 1.08. The zero-order chi connectivity index (χ0) is 36.6. The van der Waals surface area contributed by atoms with Gasteiger partial charge in [0.2, 0.25) is 5.60 Å². The molecule has 0 spiro atoms. The Morgan fingerprint density at radius 2 is 1.43 bits per heavy atom. The van der Waals surface area contributed by atoms with Crippen molar-refractivity contribution >= 4 is 28.9 Å². The van der Waals surface area contributed by atoms with E-state index in [9.17, 15) is 9.59 Å². The maximum atomic E-state index is 16.0. The first-order chi connectivity index (χ1) is 24.5. The number of aliphatic imine (C=N–C) groups is 1. The number of benzene rings is 3. The van der Waals surface area contributed by atoms with Crippen molar-refractivity contribution < 1.29 is 51.2 Å². The number of thioether (sulfide) groups is 1. The van der Waals surface area contributed by atoms with Gasteiger partial charge in [-0.1, -0.05) is 84.6 Å². The van der Waals surface area contributed by atoms with Gasteiger partial charge in [-0.15, -0.1) is 0 Å². The average molecular weight is 731 g/mol. The van der Waals surface area contributed by atoms with E-state index in [4.69, 9.17) is 33.4 Å². The van der Waals surface area contributed by atoms with Gasteiger partial charge in [-0.05, 0) is 42.2 Å². The maximum Gasteiger partial charge on any atom is 0.431 e. The number of ether oxygens (including phenoxy) is 6. The fraction of sp³-hybridized carbons (Fsp3) is 0.432. The number of methoxy groups -OCH3 is 1. The summed E-state index contributed by atoms with van der Waals surface area (Å²) in [5, 5.41) is 0.514. The molecule has 1 saturated heterocycles. The van der Waals surface area contributed by atoms with Crippen molar-refractivity contribution in [3.05, 3.63) is 102 Å². The first-order valence-electron chi connectivity index (χ1n) is 16.4. The third-order valence-electron chi connectivity index (χ3n) is 8.55. The Balaban J connectivity index is 1.63. The standard InChI is InChI=1S/C37H41F3N2O8S/c1-5-46-32(43)33(44)50-36(37(38,39)40,21-20-24-16-18-27(45-4)19-17-24)31-30(48-23-26-14-10-7-11-15-26)29(47-22-25-12-8-6-9-13-25)28-34(49-31)51-35(41-28)42(2)3/h6-19,28-31,34H,5,20-23H2,1-4H3/t28-,29-,30+,31+,34-,36-/m1/s1. The summed E-state index contributed by atoms with van der Waals surface area (Å²) in [6, 6.07) is 23.8. The summed E-state index contributed by atoms with van der Waals surface area (Å²) in [7, 11) is 5.00. The van der Waals surface area contributed by atoms with Crippen LogP contribution >= 0.6 is 11.8 Å². The molecule has 274 valence electrons. The zero-order valence-electron chi connectivity index (χ0n) is 28.7. The number of alkyl halides is 3. The predicted octanol–water partition coefficient (Wildman–Crippen LogP) is 5.96. The van der Waals surface area contributed by atoms with Crippen molar-refractivity contribution in [3.63, 3.8) is 0 Å². The maximum absolute atomic E-state index is 16.0. The molecule has 5 rings (SSSR count). The molecule has 3 aromatic carbocycles. The first kappa shape index (κ1) is 38.1. The van der Waals surface area contributed by atoms with Gasteiger partial charge in [-0.2, -0.15) is 13.2 Å². The number of hydrogen-bond acceptors (Lipinski definition) is 11. The molecule has 0 bridgehead atoms. The zero-order valence-corrected chi connectivity index (χ0v) is 29.5. The van der Waals surface area contributed by atoms with Crippen LogP contribution in [0, 0.1) is 0 Å². The van der Waals surface area contributed by atoms with Crippen LogP contribution in [-0.4, -0.2) is 91.4 Å². The molecule has 3 aromatic rings. The largest absolute Gasteiger partial charge is 0.497 e. The Kier molecular flexibility index (Phi) is 12.7. The molecule has 2 heterocycles. The van der Waals surface area contributed by atoms with Crippen molar-refractivity contribution in [1.82, 2.24) is 4.90 Å². The molecule has 0 unspecified atom stereocenters. The summed E-state index contributed by atoms with van der Waals surface area (Å²) in [4.78, 5) is 32.3. The molecule has 6 atom stereocenters. The van der Waals surface area contributed by atoms with Crippen LogP contribution in [0.1, 0.15) is 30.0 Å². The van der Waals surface area contributed by atoms with Crippen LogP contribution in [0.2, 0.25) is 0 Å². The fourth-order valence-corrected chi connectivity index (χ4v) is 7.09. The Hall–Kier alpha value is -4.11. The second-order valence-electron chi connectivity index (χ2n) is 12.2. The highest BCUT2D eigenvalue weighted by Crippen LogP contribution is 2.49. The molecule has 0 N–H and O–H groups in total. The molecule has 10 nitrogen and oxygen atoms in total. The number of fused-ring (bicyclic) bond motifs is 1. The van der Waals surface area contributed by atoms with Crippen molar-refractivity contribution in [2.45, 2.75) is 74.5 Å². The van der Waals surface area contributed by atoms with E-state index in [0.29, 0.717) is 22.0 Å². The van der Waals surface area contributed by atoms with Gasteiger partial charge in [-0.3, -0.25) is 4.99 Å². The number of carbonyl (C=O) groups is 2. The Morgan fingerprint density at radius 1 is 0.843 bits per heavy atom. The molecule has 0 saturated carbocycles. The van der Waals surface area contributed by atoms with E-state index in [1.807, 2.05) is 36.4 Å². The lowest BCUT2D eigenvalue weighted by Crippen LogP contribution is -2.69. The van der Waals surface area contributed by atoms with E-state index in [1.54, 1.807) is 67.5 Å². The molecule has 2 aliphatic rings. The molecule has 0 aromatic heterocycles. The van der Waals surface area contributed by atoms with Gasteiger partial charge in [-0.25, -0.2) is 9.59 Å². The minimum atomic E-state index is -5.27. The average Bonchev–Trinajstić information content (AvgIpc) is 3.57. The summed E-state index contributed by atoms with van der Waals surface area (Å²) in [5.74, 6) is -2.85. The second-order valence-corrected chi connectivity index (χ2v) is 13.3. The van der Waals surface area contributed by atoms with Crippen molar-refractivity contribution in [1.29, 1.82) is 0 Å². The predicted molar refractivity (Wildman–Crippen MR) is 184 cm³/mol. The third-order valence-corrected chi connectivity index (χ3v) is 9.86. The summed E-state index contributed by atoms with van der Waals surface area (Å²) < 4.78 is 82.5. The third kappa shape index (κ3) is 9.04. The lowest BCUT2D eigenvalue weighted by molar-refractivity contribution is -0.335. The molecular formula is C37H41F3N2O8S. The summed E-state index contributed by atoms with van der Waals surface area (Å²) in [5.41, 5.74) is -2.43. The van der Waals surface area contributed by atoms with Crippen molar-refractivity contribution in [3.8, 4) is 5.75 Å². The summed E-state index contributed by atoms with van der Waals surface area (Å²) >= 11 is 1.13. The number of rotatable bonds is 13. The number of esters is 2. The fourth-order valence-electron chi connectivity index (χ4n) is 5.95. The molecular weight excluding hydrogens is 689 g/mol. The van der Waals surface area contributed by atoms with Crippen LogP contribution in [0.25, 0.3) is 0 Å². The highest BCUT2D eigenvalue weighted by Gasteiger charge is 2.69. The smallest absolute Gasteiger partial charge is 0.431 e.